The van der Waals surface area contributed by atoms with Crippen LogP contribution in [-0.2, 0) is 6.18 Å². The Hall–Kier alpha value is -1.06. The molecule has 0 aliphatic carbocycles. The molecule has 0 radical (unpaired) electrons. The van der Waals surface area contributed by atoms with E-state index in [1.54, 1.807) is 0 Å². The molecule has 0 atom stereocenters. The first kappa shape index (κ1) is 13.0. The van der Waals surface area contributed by atoms with Crippen molar-refractivity contribution in [2.24, 2.45) is 0 Å². The van der Waals surface area contributed by atoms with Crippen molar-refractivity contribution in [3.8, 4) is 0 Å². The van der Waals surface area contributed by atoms with E-state index < -0.39 is 17.6 Å². The molecule has 4 heteroatoms. The summed E-state index contributed by atoms with van der Waals surface area (Å²) in [6.45, 7) is 3.68. The van der Waals surface area contributed by atoms with Crippen LogP contribution < -0.4 is 0 Å². The van der Waals surface area contributed by atoms with E-state index in [0.29, 0.717) is 12.8 Å². The summed E-state index contributed by atoms with van der Waals surface area (Å²) < 4.78 is 51.1. The van der Waals surface area contributed by atoms with Crippen LogP contribution in [-0.4, -0.2) is 0 Å². The van der Waals surface area contributed by atoms with Gasteiger partial charge in [-0.1, -0.05) is 26.0 Å². The monoisotopic (exact) mass is 234 g/mol. The predicted molar refractivity (Wildman–Crippen MR) is 54.7 cm³/mol. The average Bonchev–Trinajstić information content (AvgIpc) is 2.20. The molecule has 0 fully saturated rings. The van der Waals surface area contributed by atoms with E-state index in [-0.39, 0.29) is 11.5 Å². The fraction of sp³-hybridized carbons (Fsp3) is 0.500. The van der Waals surface area contributed by atoms with Crippen molar-refractivity contribution in [2.45, 2.75) is 38.8 Å². The molecule has 0 aromatic heterocycles. The molecule has 0 aliphatic rings. The van der Waals surface area contributed by atoms with Gasteiger partial charge < -0.3 is 0 Å². The van der Waals surface area contributed by atoms with Crippen LogP contribution in [0.2, 0.25) is 0 Å². The Morgan fingerprint density at radius 2 is 1.69 bits per heavy atom. The molecule has 1 aromatic rings. The van der Waals surface area contributed by atoms with Gasteiger partial charge in [0.05, 0.1) is 5.56 Å². The van der Waals surface area contributed by atoms with Gasteiger partial charge in [-0.15, -0.1) is 0 Å². The zero-order valence-electron chi connectivity index (χ0n) is 9.24. The normalized spacial score (nSPS) is 12.2. The molecule has 0 spiro atoms. The van der Waals surface area contributed by atoms with Crippen molar-refractivity contribution in [3.63, 3.8) is 0 Å². The quantitative estimate of drug-likeness (QED) is 0.662. The van der Waals surface area contributed by atoms with Crippen molar-refractivity contribution >= 4 is 0 Å². The van der Waals surface area contributed by atoms with Gasteiger partial charge in [-0.3, -0.25) is 0 Å². The Morgan fingerprint density at radius 3 is 2.12 bits per heavy atom. The summed E-state index contributed by atoms with van der Waals surface area (Å²) in [5.74, 6) is -1.27. The van der Waals surface area contributed by atoms with E-state index >= 15 is 0 Å². The fourth-order valence-electron chi connectivity index (χ4n) is 1.81. The summed E-state index contributed by atoms with van der Waals surface area (Å²) in [4.78, 5) is 0. The van der Waals surface area contributed by atoms with Gasteiger partial charge in [-0.2, -0.15) is 13.2 Å². The van der Waals surface area contributed by atoms with Gasteiger partial charge in [-0.05, 0) is 30.4 Å². The van der Waals surface area contributed by atoms with E-state index in [2.05, 4.69) is 0 Å². The summed E-state index contributed by atoms with van der Waals surface area (Å²) in [7, 11) is 0. The Labute approximate surface area is 92.3 Å². The van der Waals surface area contributed by atoms with Gasteiger partial charge >= 0.3 is 6.18 Å². The second-order valence-corrected chi connectivity index (χ2v) is 3.72. The molecule has 0 N–H and O–H groups in total. The van der Waals surface area contributed by atoms with Crippen molar-refractivity contribution in [1.82, 2.24) is 0 Å². The Kier molecular flexibility index (Phi) is 3.94. The van der Waals surface area contributed by atoms with E-state index in [0.717, 1.165) is 6.07 Å². The first-order chi connectivity index (χ1) is 7.41. The molecule has 0 nitrogen and oxygen atoms in total. The van der Waals surface area contributed by atoms with Gasteiger partial charge in [0.25, 0.3) is 0 Å². The highest BCUT2D eigenvalue weighted by Crippen LogP contribution is 2.35. The average molecular weight is 234 g/mol. The molecule has 1 aromatic carbocycles. The number of alkyl halides is 3. The lowest BCUT2D eigenvalue weighted by atomic mass is 9.92. The molecule has 0 saturated carbocycles. The van der Waals surface area contributed by atoms with Crippen LogP contribution in [0.1, 0.15) is 43.7 Å². The maximum absolute atomic E-state index is 13.7. The molecule has 0 unspecified atom stereocenters. The molecule has 1 rings (SSSR count). The molecule has 16 heavy (non-hydrogen) atoms. The lowest BCUT2D eigenvalue weighted by Gasteiger charge is -2.16. The van der Waals surface area contributed by atoms with Crippen molar-refractivity contribution in [1.29, 1.82) is 0 Å². The molecule has 0 heterocycles. The summed E-state index contributed by atoms with van der Waals surface area (Å²) in [5.41, 5.74) is -1.00. The maximum Gasteiger partial charge on any atom is 0.419 e. The van der Waals surface area contributed by atoms with E-state index in [1.807, 2.05) is 13.8 Å². The topological polar surface area (TPSA) is 0 Å². The lowest BCUT2D eigenvalue weighted by Crippen LogP contribution is -2.11. The molecule has 0 saturated heterocycles. The Balaban J connectivity index is 3.23. The predicted octanol–water partition coefficient (Wildman–Crippen LogP) is 4.75. The van der Waals surface area contributed by atoms with Crippen molar-refractivity contribution < 1.29 is 17.6 Å². The SMILES string of the molecule is CCC(CC)c1cccc(C(F)(F)F)c1F. The first-order valence-electron chi connectivity index (χ1n) is 5.27. The zero-order chi connectivity index (χ0) is 12.3. The van der Waals surface area contributed by atoms with Crippen LogP contribution in [0.15, 0.2) is 18.2 Å². The largest absolute Gasteiger partial charge is 0.419 e. The second kappa shape index (κ2) is 4.85. The smallest absolute Gasteiger partial charge is 0.206 e. The fourth-order valence-corrected chi connectivity index (χ4v) is 1.81. The van der Waals surface area contributed by atoms with Crippen LogP contribution in [0.25, 0.3) is 0 Å². The lowest BCUT2D eigenvalue weighted by molar-refractivity contribution is -0.140. The molecule has 0 bridgehead atoms. The summed E-state index contributed by atoms with van der Waals surface area (Å²) in [6, 6.07) is 3.48. The molecule has 0 amide bonds. The highest BCUT2D eigenvalue weighted by molar-refractivity contribution is 5.30. The molecular weight excluding hydrogens is 220 g/mol. The van der Waals surface area contributed by atoms with Crippen LogP contribution in [0.4, 0.5) is 17.6 Å². The van der Waals surface area contributed by atoms with E-state index in [1.165, 1.54) is 12.1 Å². The van der Waals surface area contributed by atoms with Crippen LogP contribution in [0.3, 0.4) is 0 Å². The Bertz CT molecular complexity index is 351. The third kappa shape index (κ3) is 2.54. The highest BCUT2D eigenvalue weighted by atomic mass is 19.4. The van der Waals surface area contributed by atoms with Gasteiger partial charge in [0.15, 0.2) is 0 Å². The van der Waals surface area contributed by atoms with Gasteiger partial charge in [-0.25, -0.2) is 4.39 Å². The van der Waals surface area contributed by atoms with Gasteiger partial charge in [0, 0.05) is 0 Å². The summed E-state index contributed by atoms with van der Waals surface area (Å²) in [6.07, 6.45) is -3.35. The molecular formula is C12H14F4. The highest BCUT2D eigenvalue weighted by Gasteiger charge is 2.35. The number of hydrogen-bond acceptors (Lipinski definition) is 0. The zero-order valence-corrected chi connectivity index (χ0v) is 9.24. The Morgan fingerprint density at radius 1 is 1.12 bits per heavy atom. The van der Waals surface area contributed by atoms with E-state index in [9.17, 15) is 17.6 Å². The van der Waals surface area contributed by atoms with Crippen LogP contribution in [0.5, 0.6) is 0 Å². The number of halogens is 4. The van der Waals surface area contributed by atoms with Gasteiger partial charge in [0.2, 0.25) is 0 Å². The van der Waals surface area contributed by atoms with E-state index in [4.69, 9.17) is 0 Å². The first-order valence-corrected chi connectivity index (χ1v) is 5.27. The van der Waals surface area contributed by atoms with Crippen LogP contribution in [0, 0.1) is 5.82 Å². The van der Waals surface area contributed by atoms with Crippen molar-refractivity contribution in [2.75, 3.05) is 0 Å². The second-order valence-electron chi connectivity index (χ2n) is 3.72. The maximum atomic E-state index is 13.7. The van der Waals surface area contributed by atoms with Gasteiger partial charge in [0.1, 0.15) is 5.82 Å². The molecule has 90 valence electrons. The summed E-state index contributed by atoms with van der Waals surface area (Å²) >= 11 is 0. The summed E-state index contributed by atoms with van der Waals surface area (Å²) in [5, 5.41) is 0. The number of hydrogen-bond donors (Lipinski definition) is 0. The standard InChI is InChI=1S/C12H14F4/c1-3-8(4-2)9-6-5-7-10(11(9)13)12(14,15)16/h5-8H,3-4H2,1-2H3. The minimum Gasteiger partial charge on any atom is -0.206 e. The minimum absolute atomic E-state index is 0.151. The third-order valence-electron chi connectivity index (χ3n) is 2.76. The third-order valence-corrected chi connectivity index (χ3v) is 2.76. The number of benzene rings is 1. The number of rotatable bonds is 3. The minimum atomic E-state index is -4.62. The molecule has 0 aliphatic heterocycles. The van der Waals surface area contributed by atoms with Crippen molar-refractivity contribution in [3.05, 3.63) is 35.1 Å². The van der Waals surface area contributed by atoms with Crippen LogP contribution >= 0.6 is 0 Å².